The molecule has 4 nitrogen and oxygen atoms in total. The Labute approximate surface area is 134 Å². The van der Waals surface area contributed by atoms with Gasteiger partial charge in [-0.05, 0) is 37.5 Å². The highest BCUT2D eigenvalue weighted by Crippen LogP contribution is 2.28. The number of carbonyl (C=O) groups is 2. The number of carbonyl (C=O) groups excluding carboxylic acids is 1. The Balaban J connectivity index is 1.72. The summed E-state index contributed by atoms with van der Waals surface area (Å²) in [5.74, 6) is 0.170. The molecule has 0 bridgehead atoms. The molecular weight excluding hydrogens is 278 g/mol. The van der Waals surface area contributed by atoms with Gasteiger partial charge in [0.25, 0.3) is 0 Å². The van der Waals surface area contributed by atoms with Crippen LogP contribution in [0.5, 0.6) is 0 Å². The molecule has 2 aliphatic rings. The fourth-order valence-electron chi connectivity index (χ4n) is 4.04. The van der Waals surface area contributed by atoms with Crippen LogP contribution in [0, 0.1) is 11.8 Å². The fraction of sp³-hybridized carbons (Fsp3) is 0.889. The Hall–Kier alpha value is -1.06. The van der Waals surface area contributed by atoms with Crippen LogP contribution >= 0.6 is 0 Å². The molecule has 0 aromatic heterocycles. The van der Waals surface area contributed by atoms with Crippen molar-refractivity contribution in [3.8, 4) is 0 Å². The van der Waals surface area contributed by atoms with E-state index in [0.29, 0.717) is 24.7 Å². The Morgan fingerprint density at radius 2 is 1.45 bits per heavy atom. The molecule has 126 valence electrons. The lowest BCUT2D eigenvalue weighted by atomic mass is 9.85. The molecular formula is C18H31NO3. The number of hydrogen-bond acceptors (Lipinski definition) is 2. The first-order valence-electron chi connectivity index (χ1n) is 9.17. The lowest BCUT2D eigenvalue weighted by Gasteiger charge is -2.24. The Kier molecular flexibility index (Phi) is 7.20. The molecule has 1 amide bonds. The van der Waals surface area contributed by atoms with Crippen molar-refractivity contribution in [2.24, 2.45) is 11.8 Å². The molecule has 0 radical (unpaired) electrons. The van der Waals surface area contributed by atoms with Gasteiger partial charge in [0.2, 0.25) is 5.91 Å². The molecule has 0 unspecified atom stereocenters. The zero-order chi connectivity index (χ0) is 15.8. The lowest BCUT2D eigenvalue weighted by molar-refractivity contribution is -0.142. The number of aliphatic carboxylic acids is 1. The minimum absolute atomic E-state index is 0.0667. The maximum absolute atomic E-state index is 12.1. The first-order chi connectivity index (χ1) is 10.6. The standard InChI is InChI=1S/C18H31NO3/c20-17(13-15-9-5-2-6-10-15)19-16(18(21)22)12-11-14-7-3-1-4-8-14/h14-16H,1-13H2,(H,19,20)(H,21,22)/t16-/m0/s1. The van der Waals surface area contributed by atoms with Crippen LogP contribution in [0.3, 0.4) is 0 Å². The zero-order valence-corrected chi connectivity index (χ0v) is 13.7. The third-order valence-corrected chi connectivity index (χ3v) is 5.42. The second-order valence-corrected chi connectivity index (χ2v) is 7.25. The van der Waals surface area contributed by atoms with Crippen LogP contribution in [0.2, 0.25) is 0 Å². The van der Waals surface area contributed by atoms with E-state index in [1.54, 1.807) is 0 Å². The number of hydrogen-bond donors (Lipinski definition) is 2. The molecule has 2 rings (SSSR count). The van der Waals surface area contributed by atoms with Crippen molar-refractivity contribution in [1.82, 2.24) is 5.32 Å². The van der Waals surface area contributed by atoms with Crippen molar-refractivity contribution >= 4 is 11.9 Å². The van der Waals surface area contributed by atoms with Crippen molar-refractivity contribution in [3.63, 3.8) is 0 Å². The fourth-order valence-corrected chi connectivity index (χ4v) is 4.04. The Morgan fingerprint density at radius 1 is 0.909 bits per heavy atom. The highest BCUT2D eigenvalue weighted by atomic mass is 16.4. The van der Waals surface area contributed by atoms with Crippen LogP contribution in [0.1, 0.15) is 83.5 Å². The smallest absolute Gasteiger partial charge is 0.326 e. The molecule has 0 aliphatic heterocycles. The van der Waals surface area contributed by atoms with Gasteiger partial charge in [0.1, 0.15) is 6.04 Å². The zero-order valence-electron chi connectivity index (χ0n) is 13.7. The van der Waals surface area contributed by atoms with Gasteiger partial charge in [-0.25, -0.2) is 4.79 Å². The van der Waals surface area contributed by atoms with E-state index in [1.807, 2.05) is 0 Å². The topological polar surface area (TPSA) is 66.4 Å². The molecule has 2 saturated carbocycles. The van der Waals surface area contributed by atoms with Crippen LogP contribution in [-0.2, 0) is 9.59 Å². The predicted octanol–water partition coefficient (Wildman–Crippen LogP) is 3.89. The molecule has 1 atom stereocenters. The lowest BCUT2D eigenvalue weighted by Crippen LogP contribution is -2.41. The molecule has 0 heterocycles. The van der Waals surface area contributed by atoms with Crippen molar-refractivity contribution < 1.29 is 14.7 Å². The molecule has 0 aromatic carbocycles. The van der Waals surface area contributed by atoms with Crippen molar-refractivity contribution in [2.75, 3.05) is 0 Å². The summed E-state index contributed by atoms with van der Waals surface area (Å²) < 4.78 is 0. The summed E-state index contributed by atoms with van der Waals surface area (Å²) in [5, 5.41) is 12.1. The van der Waals surface area contributed by atoms with Gasteiger partial charge in [-0.15, -0.1) is 0 Å². The van der Waals surface area contributed by atoms with E-state index in [4.69, 9.17) is 0 Å². The third kappa shape index (κ3) is 5.98. The van der Waals surface area contributed by atoms with E-state index in [9.17, 15) is 14.7 Å². The number of rotatable bonds is 7. The second kappa shape index (κ2) is 9.16. The highest BCUT2D eigenvalue weighted by Gasteiger charge is 2.24. The average molecular weight is 309 g/mol. The normalized spacial score (nSPS) is 22.2. The quantitative estimate of drug-likeness (QED) is 0.750. The maximum Gasteiger partial charge on any atom is 0.326 e. The van der Waals surface area contributed by atoms with Crippen LogP contribution in [-0.4, -0.2) is 23.0 Å². The van der Waals surface area contributed by atoms with Gasteiger partial charge >= 0.3 is 5.97 Å². The average Bonchev–Trinajstić information content (AvgIpc) is 2.53. The maximum atomic E-state index is 12.1. The van der Waals surface area contributed by atoms with Crippen molar-refractivity contribution in [3.05, 3.63) is 0 Å². The third-order valence-electron chi connectivity index (χ3n) is 5.42. The number of nitrogens with one attached hydrogen (secondary N) is 1. The number of carboxylic acid groups (broad SMARTS) is 1. The van der Waals surface area contributed by atoms with Crippen molar-refractivity contribution in [1.29, 1.82) is 0 Å². The minimum atomic E-state index is -0.882. The van der Waals surface area contributed by atoms with E-state index in [0.717, 1.165) is 19.3 Å². The van der Waals surface area contributed by atoms with E-state index in [2.05, 4.69) is 5.32 Å². The van der Waals surface area contributed by atoms with Crippen LogP contribution < -0.4 is 5.32 Å². The van der Waals surface area contributed by atoms with Gasteiger partial charge in [-0.2, -0.15) is 0 Å². The summed E-state index contributed by atoms with van der Waals surface area (Å²) >= 11 is 0. The first-order valence-corrected chi connectivity index (χ1v) is 9.17. The SMILES string of the molecule is O=C(CC1CCCCC1)N[C@@H](CCC1CCCCC1)C(=O)O. The number of carboxylic acids is 1. The molecule has 2 aliphatic carbocycles. The largest absolute Gasteiger partial charge is 0.480 e. The molecule has 2 fully saturated rings. The van der Waals surface area contributed by atoms with E-state index < -0.39 is 12.0 Å². The van der Waals surface area contributed by atoms with Crippen LogP contribution in [0.15, 0.2) is 0 Å². The Morgan fingerprint density at radius 3 is 2.00 bits per heavy atom. The molecule has 4 heteroatoms. The van der Waals surface area contributed by atoms with Crippen molar-refractivity contribution in [2.45, 2.75) is 89.5 Å². The van der Waals surface area contributed by atoms with Gasteiger partial charge in [0, 0.05) is 6.42 Å². The summed E-state index contributed by atoms with van der Waals surface area (Å²) in [4.78, 5) is 23.5. The highest BCUT2D eigenvalue weighted by molar-refractivity contribution is 5.83. The van der Waals surface area contributed by atoms with Gasteiger partial charge in [0.15, 0.2) is 0 Å². The summed E-state index contributed by atoms with van der Waals surface area (Å²) in [6, 6.07) is -0.696. The summed E-state index contributed by atoms with van der Waals surface area (Å²) in [7, 11) is 0. The van der Waals surface area contributed by atoms with Crippen LogP contribution in [0.4, 0.5) is 0 Å². The van der Waals surface area contributed by atoms with Gasteiger partial charge in [-0.1, -0.05) is 51.4 Å². The molecule has 2 N–H and O–H groups in total. The number of amides is 1. The predicted molar refractivity (Wildman–Crippen MR) is 86.6 cm³/mol. The van der Waals surface area contributed by atoms with Gasteiger partial charge < -0.3 is 10.4 Å². The van der Waals surface area contributed by atoms with Crippen LogP contribution in [0.25, 0.3) is 0 Å². The summed E-state index contributed by atoms with van der Waals surface area (Å²) in [6.07, 6.45) is 14.3. The Bertz CT molecular complexity index is 357. The minimum Gasteiger partial charge on any atom is -0.480 e. The summed E-state index contributed by atoms with van der Waals surface area (Å²) in [5.41, 5.74) is 0. The van der Waals surface area contributed by atoms with E-state index in [1.165, 1.54) is 51.4 Å². The molecule has 0 saturated heterocycles. The molecule has 0 aromatic rings. The molecule has 0 spiro atoms. The van der Waals surface area contributed by atoms with Gasteiger partial charge in [-0.3, -0.25) is 4.79 Å². The second-order valence-electron chi connectivity index (χ2n) is 7.25. The van der Waals surface area contributed by atoms with E-state index >= 15 is 0 Å². The molecule has 22 heavy (non-hydrogen) atoms. The van der Waals surface area contributed by atoms with Gasteiger partial charge in [0.05, 0.1) is 0 Å². The first kappa shape index (κ1) is 17.3. The summed E-state index contributed by atoms with van der Waals surface area (Å²) in [6.45, 7) is 0. The van der Waals surface area contributed by atoms with E-state index in [-0.39, 0.29) is 5.91 Å². The monoisotopic (exact) mass is 309 g/mol.